The molecule has 3 rings (SSSR count). The molecule has 4 N–H and O–H groups in total. The van der Waals surface area contributed by atoms with Crippen molar-refractivity contribution >= 4 is 17.5 Å². The molecule has 1 aliphatic heterocycles. The van der Waals surface area contributed by atoms with Crippen LogP contribution < -0.4 is 11.1 Å². The monoisotopic (exact) mass is 437 g/mol. The zero-order chi connectivity index (χ0) is 22.6. The first kappa shape index (κ1) is 22.7. The highest BCUT2D eigenvalue weighted by atomic mass is 19.4. The number of alkyl halides is 3. The van der Waals surface area contributed by atoms with E-state index in [1.807, 2.05) is 0 Å². The van der Waals surface area contributed by atoms with Crippen LogP contribution in [-0.2, 0) is 15.7 Å². The van der Waals surface area contributed by atoms with E-state index in [1.54, 1.807) is 24.3 Å². The standard InChI is InChI=1S/C21H22F3N3O4/c22-21(23,24)15-5-1-14(2-6-15)20(30)26-16-7-3-13(4-8-16)19-17(11-28)27(10-9-25)18(29)12-31-19/h1-8,17,19,28H,9-12,25H2,(H,26,30). The third-order valence-corrected chi connectivity index (χ3v) is 4.99. The van der Waals surface area contributed by atoms with Crippen LogP contribution in [0.15, 0.2) is 48.5 Å². The summed E-state index contributed by atoms with van der Waals surface area (Å²) in [6, 6.07) is 9.92. The Hall–Kier alpha value is -2.95. The largest absolute Gasteiger partial charge is 0.416 e. The van der Waals surface area contributed by atoms with Gasteiger partial charge in [0.15, 0.2) is 0 Å². The Morgan fingerprint density at radius 2 is 1.81 bits per heavy atom. The maximum atomic E-state index is 12.6. The van der Waals surface area contributed by atoms with Gasteiger partial charge in [-0.15, -0.1) is 0 Å². The maximum Gasteiger partial charge on any atom is 0.416 e. The number of rotatable bonds is 6. The first-order valence-electron chi connectivity index (χ1n) is 9.55. The Balaban J connectivity index is 1.69. The second-order valence-electron chi connectivity index (χ2n) is 7.01. The van der Waals surface area contributed by atoms with Crippen LogP contribution in [0.1, 0.15) is 27.6 Å². The number of amides is 2. The topological polar surface area (TPSA) is 105 Å². The molecular formula is C21H22F3N3O4. The summed E-state index contributed by atoms with van der Waals surface area (Å²) in [5, 5.41) is 12.4. The van der Waals surface area contributed by atoms with Gasteiger partial charge in [0.25, 0.3) is 5.91 Å². The quantitative estimate of drug-likeness (QED) is 0.643. The van der Waals surface area contributed by atoms with Gasteiger partial charge in [-0.25, -0.2) is 0 Å². The van der Waals surface area contributed by atoms with Crippen molar-refractivity contribution in [3.63, 3.8) is 0 Å². The van der Waals surface area contributed by atoms with E-state index in [2.05, 4.69) is 5.32 Å². The molecular weight excluding hydrogens is 415 g/mol. The van der Waals surface area contributed by atoms with E-state index >= 15 is 0 Å². The molecule has 166 valence electrons. The van der Waals surface area contributed by atoms with Gasteiger partial charge in [-0.3, -0.25) is 9.59 Å². The molecule has 2 aromatic rings. The predicted molar refractivity (Wildman–Crippen MR) is 106 cm³/mol. The van der Waals surface area contributed by atoms with Gasteiger partial charge in [-0.1, -0.05) is 12.1 Å². The summed E-state index contributed by atoms with van der Waals surface area (Å²) < 4.78 is 43.6. The molecule has 1 heterocycles. The highest BCUT2D eigenvalue weighted by Gasteiger charge is 2.36. The highest BCUT2D eigenvalue weighted by molar-refractivity contribution is 6.04. The minimum Gasteiger partial charge on any atom is -0.394 e. The number of nitrogens with two attached hydrogens (primary N) is 1. The number of ether oxygens (including phenoxy) is 1. The van der Waals surface area contributed by atoms with Gasteiger partial charge in [-0.2, -0.15) is 13.2 Å². The SMILES string of the molecule is NCCN1C(=O)COC(c2ccc(NC(=O)c3ccc(C(F)(F)F)cc3)cc2)C1CO. The van der Waals surface area contributed by atoms with E-state index in [4.69, 9.17) is 10.5 Å². The average Bonchev–Trinajstić information content (AvgIpc) is 2.75. The molecule has 1 saturated heterocycles. The van der Waals surface area contributed by atoms with Crippen LogP contribution in [0.25, 0.3) is 0 Å². The zero-order valence-electron chi connectivity index (χ0n) is 16.4. The van der Waals surface area contributed by atoms with Gasteiger partial charge in [0.2, 0.25) is 5.91 Å². The van der Waals surface area contributed by atoms with E-state index in [9.17, 15) is 27.9 Å². The Morgan fingerprint density at radius 1 is 1.16 bits per heavy atom. The van der Waals surface area contributed by atoms with E-state index in [1.165, 1.54) is 4.90 Å². The summed E-state index contributed by atoms with van der Waals surface area (Å²) >= 11 is 0. The molecule has 0 aliphatic carbocycles. The molecule has 0 radical (unpaired) electrons. The zero-order valence-corrected chi connectivity index (χ0v) is 16.4. The fraction of sp³-hybridized carbons (Fsp3) is 0.333. The normalized spacial score (nSPS) is 19.4. The van der Waals surface area contributed by atoms with Crippen molar-refractivity contribution in [2.24, 2.45) is 5.73 Å². The molecule has 2 atom stereocenters. The third kappa shape index (κ3) is 5.22. The number of halogens is 3. The second kappa shape index (κ2) is 9.46. The molecule has 2 unspecified atom stereocenters. The maximum absolute atomic E-state index is 12.6. The number of nitrogens with zero attached hydrogens (tertiary/aromatic N) is 1. The first-order valence-corrected chi connectivity index (χ1v) is 9.55. The number of hydrogen-bond donors (Lipinski definition) is 3. The molecule has 0 spiro atoms. The van der Waals surface area contributed by atoms with Gasteiger partial charge < -0.3 is 25.8 Å². The molecule has 1 aliphatic rings. The van der Waals surface area contributed by atoms with Gasteiger partial charge in [-0.05, 0) is 42.0 Å². The molecule has 0 aromatic heterocycles. The molecule has 7 nitrogen and oxygen atoms in total. The van der Waals surface area contributed by atoms with Crippen LogP contribution in [0.3, 0.4) is 0 Å². The molecule has 31 heavy (non-hydrogen) atoms. The van der Waals surface area contributed by atoms with Crippen LogP contribution in [-0.4, -0.2) is 54.2 Å². The van der Waals surface area contributed by atoms with E-state index in [-0.39, 0.29) is 31.2 Å². The van der Waals surface area contributed by atoms with Gasteiger partial charge in [0, 0.05) is 24.3 Å². The Bertz CT molecular complexity index is 917. The lowest BCUT2D eigenvalue weighted by Crippen LogP contribution is -2.54. The Morgan fingerprint density at radius 3 is 2.35 bits per heavy atom. The number of carbonyl (C=O) groups is 2. The number of carbonyl (C=O) groups excluding carboxylic acids is 2. The molecule has 10 heteroatoms. The van der Waals surface area contributed by atoms with E-state index < -0.39 is 29.8 Å². The summed E-state index contributed by atoms with van der Waals surface area (Å²) in [7, 11) is 0. The lowest BCUT2D eigenvalue weighted by Gasteiger charge is -2.40. The molecule has 2 amide bonds. The van der Waals surface area contributed by atoms with Crippen LogP contribution in [0.2, 0.25) is 0 Å². The number of hydrogen-bond acceptors (Lipinski definition) is 5. The van der Waals surface area contributed by atoms with Crippen LogP contribution in [0.4, 0.5) is 18.9 Å². The predicted octanol–water partition coefficient (Wildman–Crippen LogP) is 2.18. The summed E-state index contributed by atoms with van der Waals surface area (Å²) in [6.45, 7) is 0.117. The smallest absolute Gasteiger partial charge is 0.394 e. The number of aliphatic hydroxyl groups is 1. The average molecular weight is 437 g/mol. The van der Waals surface area contributed by atoms with Crippen molar-refractivity contribution in [3.8, 4) is 0 Å². The summed E-state index contributed by atoms with van der Waals surface area (Å²) in [4.78, 5) is 25.8. The van der Waals surface area contributed by atoms with Crippen LogP contribution in [0, 0.1) is 0 Å². The summed E-state index contributed by atoms with van der Waals surface area (Å²) in [6.07, 6.45) is -5.03. The number of aliphatic hydroxyl groups excluding tert-OH is 1. The van der Waals surface area contributed by atoms with Gasteiger partial charge in [0.05, 0.1) is 18.2 Å². The first-order chi connectivity index (χ1) is 14.7. The van der Waals surface area contributed by atoms with Crippen molar-refractivity contribution in [2.45, 2.75) is 18.3 Å². The summed E-state index contributed by atoms with van der Waals surface area (Å²) in [5.74, 6) is -0.801. The van der Waals surface area contributed by atoms with E-state index in [0.29, 0.717) is 17.8 Å². The molecule has 2 aromatic carbocycles. The van der Waals surface area contributed by atoms with Crippen molar-refractivity contribution in [3.05, 3.63) is 65.2 Å². The number of benzene rings is 2. The lowest BCUT2D eigenvalue weighted by molar-refractivity contribution is -0.160. The summed E-state index contributed by atoms with van der Waals surface area (Å²) in [5.41, 5.74) is 5.94. The molecule has 0 bridgehead atoms. The number of nitrogens with one attached hydrogen (secondary N) is 1. The van der Waals surface area contributed by atoms with E-state index in [0.717, 1.165) is 24.3 Å². The van der Waals surface area contributed by atoms with Crippen LogP contribution >= 0.6 is 0 Å². The highest BCUT2D eigenvalue weighted by Crippen LogP contribution is 2.30. The lowest BCUT2D eigenvalue weighted by atomic mass is 9.99. The number of anilines is 1. The van der Waals surface area contributed by atoms with Crippen molar-refractivity contribution in [1.82, 2.24) is 4.90 Å². The number of morpholine rings is 1. The fourth-order valence-electron chi connectivity index (χ4n) is 3.42. The van der Waals surface area contributed by atoms with Crippen molar-refractivity contribution in [2.75, 3.05) is 31.6 Å². The van der Waals surface area contributed by atoms with Crippen molar-refractivity contribution < 1.29 is 32.6 Å². The minimum absolute atomic E-state index is 0.0870. The minimum atomic E-state index is -4.47. The van der Waals surface area contributed by atoms with Gasteiger partial charge >= 0.3 is 6.18 Å². The van der Waals surface area contributed by atoms with Crippen LogP contribution in [0.5, 0.6) is 0 Å². The Labute approximate surface area is 176 Å². The molecule has 0 saturated carbocycles. The molecule has 1 fully saturated rings. The Kier molecular flexibility index (Phi) is 6.94. The van der Waals surface area contributed by atoms with Crippen molar-refractivity contribution in [1.29, 1.82) is 0 Å². The third-order valence-electron chi connectivity index (χ3n) is 4.99. The van der Waals surface area contributed by atoms with Gasteiger partial charge in [0.1, 0.15) is 12.7 Å². The second-order valence-corrected chi connectivity index (χ2v) is 7.01. The fourth-order valence-corrected chi connectivity index (χ4v) is 3.42.